The molecule has 1 amide bonds. The van der Waals surface area contributed by atoms with Crippen molar-refractivity contribution in [1.29, 1.82) is 0 Å². The molecule has 0 N–H and O–H groups in total. The minimum absolute atomic E-state index is 0.454. The summed E-state index contributed by atoms with van der Waals surface area (Å²) in [6.07, 6.45) is 7.85. The van der Waals surface area contributed by atoms with E-state index >= 15 is 0 Å². The van der Waals surface area contributed by atoms with Crippen LogP contribution in [0, 0.1) is 17.8 Å². The first-order valence-corrected chi connectivity index (χ1v) is 6.17. The molecule has 0 radical (unpaired) electrons. The summed E-state index contributed by atoms with van der Waals surface area (Å²) in [5.41, 5.74) is 0. The van der Waals surface area contributed by atoms with Gasteiger partial charge in [0.1, 0.15) is 0 Å². The van der Waals surface area contributed by atoms with E-state index in [4.69, 9.17) is 0 Å². The Balaban J connectivity index is 1.63. The maximum absolute atomic E-state index is 12.1. The fourth-order valence-corrected chi connectivity index (χ4v) is 3.51. The van der Waals surface area contributed by atoms with Crippen molar-refractivity contribution in [1.82, 2.24) is 4.90 Å². The van der Waals surface area contributed by atoms with Gasteiger partial charge in [0, 0.05) is 19.0 Å². The minimum atomic E-state index is 0.454. The Hall–Kier alpha value is -0.530. The highest BCUT2D eigenvalue weighted by molar-refractivity contribution is 5.82. The molecular weight excluding hydrogens is 174 g/mol. The largest absolute Gasteiger partial charge is 0.342 e. The van der Waals surface area contributed by atoms with Crippen molar-refractivity contribution >= 4 is 5.91 Å². The van der Waals surface area contributed by atoms with Crippen molar-refractivity contribution in [3.05, 3.63) is 0 Å². The number of nitrogens with zero attached hydrogens (tertiary/aromatic N) is 1. The summed E-state index contributed by atoms with van der Waals surface area (Å²) in [5.74, 6) is 2.53. The van der Waals surface area contributed by atoms with Crippen molar-refractivity contribution in [2.75, 3.05) is 13.1 Å². The lowest BCUT2D eigenvalue weighted by molar-refractivity contribution is -0.132. The van der Waals surface area contributed by atoms with Crippen molar-refractivity contribution < 1.29 is 4.79 Å². The van der Waals surface area contributed by atoms with Crippen LogP contribution in [0.1, 0.15) is 38.5 Å². The number of hydrogen-bond acceptors (Lipinski definition) is 1. The van der Waals surface area contributed by atoms with Crippen LogP contribution in [0.25, 0.3) is 0 Å². The highest BCUT2D eigenvalue weighted by Crippen LogP contribution is 2.56. The summed E-state index contributed by atoms with van der Waals surface area (Å²) < 4.78 is 0. The average molecular weight is 193 g/mol. The van der Waals surface area contributed by atoms with E-state index < -0.39 is 0 Å². The van der Waals surface area contributed by atoms with Gasteiger partial charge in [-0.3, -0.25) is 4.79 Å². The van der Waals surface area contributed by atoms with E-state index in [0.717, 1.165) is 24.9 Å². The zero-order valence-corrected chi connectivity index (χ0v) is 8.74. The van der Waals surface area contributed by atoms with Gasteiger partial charge in [0.2, 0.25) is 5.91 Å². The Kier molecular flexibility index (Phi) is 2.03. The van der Waals surface area contributed by atoms with Gasteiger partial charge in [0.05, 0.1) is 0 Å². The lowest BCUT2D eigenvalue weighted by Crippen LogP contribution is -2.29. The average Bonchev–Trinajstić information content (AvgIpc) is 2.70. The fraction of sp³-hybridized carbons (Fsp3) is 0.917. The summed E-state index contributed by atoms with van der Waals surface area (Å²) in [4.78, 5) is 14.2. The molecule has 1 saturated heterocycles. The van der Waals surface area contributed by atoms with Crippen LogP contribution in [-0.4, -0.2) is 23.9 Å². The lowest BCUT2D eigenvalue weighted by atomic mass is 10.0. The normalized spacial score (nSPS) is 40.9. The molecule has 3 aliphatic rings. The van der Waals surface area contributed by atoms with Gasteiger partial charge in [-0.05, 0) is 37.5 Å². The first-order chi connectivity index (χ1) is 6.88. The molecule has 78 valence electrons. The molecule has 0 aromatic carbocycles. The Labute approximate surface area is 85.7 Å². The third-order valence-electron chi connectivity index (χ3n) is 4.36. The van der Waals surface area contributed by atoms with Gasteiger partial charge in [-0.2, -0.15) is 0 Å². The molecule has 2 nitrogen and oxygen atoms in total. The zero-order valence-electron chi connectivity index (χ0n) is 8.74. The Morgan fingerprint density at radius 3 is 2.07 bits per heavy atom. The van der Waals surface area contributed by atoms with E-state index in [1.165, 1.54) is 38.5 Å². The number of likely N-dealkylation sites (tertiary alicyclic amines) is 1. The molecule has 0 aromatic rings. The molecule has 14 heavy (non-hydrogen) atoms. The van der Waals surface area contributed by atoms with Crippen LogP contribution in [0.5, 0.6) is 0 Å². The van der Waals surface area contributed by atoms with Crippen LogP contribution in [0.4, 0.5) is 0 Å². The van der Waals surface area contributed by atoms with Crippen LogP contribution < -0.4 is 0 Å². The maximum Gasteiger partial charge on any atom is 0.226 e. The molecule has 2 saturated carbocycles. The first kappa shape index (κ1) is 8.75. The quantitative estimate of drug-likeness (QED) is 0.624. The van der Waals surface area contributed by atoms with E-state index in [-0.39, 0.29) is 0 Å². The molecule has 3 fully saturated rings. The summed E-state index contributed by atoms with van der Waals surface area (Å²) in [6, 6.07) is 0. The van der Waals surface area contributed by atoms with Crippen molar-refractivity contribution in [2.24, 2.45) is 17.8 Å². The monoisotopic (exact) mass is 193 g/mol. The molecule has 2 heteroatoms. The van der Waals surface area contributed by atoms with Gasteiger partial charge in [-0.1, -0.05) is 12.8 Å². The van der Waals surface area contributed by atoms with Crippen molar-refractivity contribution in [3.63, 3.8) is 0 Å². The predicted molar refractivity (Wildman–Crippen MR) is 54.8 cm³/mol. The molecule has 1 heterocycles. The molecule has 1 aliphatic heterocycles. The highest BCUT2D eigenvalue weighted by Gasteiger charge is 2.55. The number of fused-ring (bicyclic) bond motifs is 1. The molecule has 0 bridgehead atoms. The van der Waals surface area contributed by atoms with Gasteiger partial charge < -0.3 is 4.90 Å². The van der Waals surface area contributed by atoms with Crippen molar-refractivity contribution in [3.8, 4) is 0 Å². The SMILES string of the molecule is O=C(C1C2CCCCC21)N1CCCC1. The third-order valence-corrected chi connectivity index (χ3v) is 4.36. The van der Waals surface area contributed by atoms with E-state index in [1.807, 2.05) is 0 Å². The standard InChI is InChI=1S/C12H19NO/c14-12(13-7-3-4-8-13)11-9-5-1-2-6-10(9)11/h9-11H,1-8H2. The molecular formula is C12H19NO. The Bertz CT molecular complexity index is 233. The van der Waals surface area contributed by atoms with Crippen LogP contribution in [0.3, 0.4) is 0 Å². The molecule has 2 unspecified atom stereocenters. The van der Waals surface area contributed by atoms with E-state index in [9.17, 15) is 4.79 Å². The summed E-state index contributed by atoms with van der Waals surface area (Å²) in [7, 11) is 0. The van der Waals surface area contributed by atoms with Gasteiger partial charge >= 0.3 is 0 Å². The maximum atomic E-state index is 12.1. The second kappa shape index (κ2) is 3.25. The molecule has 3 rings (SSSR count). The Morgan fingerprint density at radius 1 is 0.929 bits per heavy atom. The summed E-state index contributed by atoms with van der Waals surface area (Å²) in [5, 5.41) is 0. The van der Waals surface area contributed by atoms with E-state index in [2.05, 4.69) is 4.90 Å². The second-order valence-corrected chi connectivity index (χ2v) is 5.17. The smallest absolute Gasteiger partial charge is 0.226 e. The van der Waals surface area contributed by atoms with E-state index in [0.29, 0.717) is 11.8 Å². The van der Waals surface area contributed by atoms with Gasteiger partial charge in [0.15, 0.2) is 0 Å². The van der Waals surface area contributed by atoms with Gasteiger partial charge in [-0.15, -0.1) is 0 Å². The number of hydrogen-bond donors (Lipinski definition) is 0. The van der Waals surface area contributed by atoms with Gasteiger partial charge in [-0.25, -0.2) is 0 Å². The fourth-order valence-electron chi connectivity index (χ4n) is 3.51. The molecule has 2 aliphatic carbocycles. The molecule has 0 spiro atoms. The third kappa shape index (κ3) is 1.27. The topological polar surface area (TPSA) is 20.3 Å². The van der Waals surface area contributed by atoms with E-state index in [1.54, 1.807) is 0 Å². The van der Waals surface area contributed by atoms with Crippen LogP contribution in [-0.2, 0) is 4.79 Å². The minimum Gasteiger partial charge on any atom is -0.342 e. The number of rotatable bonds is 1. The van der Waals surface area contributed by atoms with Crippen LogP contribution in [0.15, 0.2) is 0 Å². The van der Waals surface area contributed by atoms with Crippen molar-refractivity contribution in [2.45, 2.75) is 38.5 Å². The predicted octanol–water partition coefficient (Wildman–Crippen LogP) is 2.04. The van der Waals surface area contributed by atoms with Gasteiger partial charge in [0.25, 0.3) is 0 Å². The highest BCUT2D eigenvalue weighted by atomic mass is 16.2. The number of amides is 1. The van der Waals surface area contributed by atoms with Crippen LogP contribution >= 0.6 is 0 Å². The van der Waals surface area contributed by atoms with Crippen LogP contribution in [0.2, 0.25) is 0 Å². The Morgan fingerprint density at radius 2 is 1.50 bits per heavy atom. The lowest BCUT2D eigenvalue weighted by Gasteiger charge is -2.14. The second-order valence-electron chi connectivity index (χ2n) is 5.17. The molecule has 0 aromatic heterocycles. The number of carbonyl (C=O) groups excluding carboxylic acids is 1. The molecule has 2 atom stereocenters. The first-order valence-electron chi connectivity index (χ1n) is 6.17. The summed E-state index contributed by atoms with van der Waals surface area (Å²) in [6.45, 7) is 2.07. The number of carbonyl (C=O) groups is 1. The zero-order chi connectivity index (χ0) is 9.54. The summed E-state index contributed by atoms with van der Waals surface area (Å²) >= 11 is 0.